The lowest BCUT2D eigenvalue weighted by atomic mass is 9.78. The lowest BCUT2D eigenvalue weighted by molar-refractivity contribution is 0.0983. The van der Waals surface area contributed by atoms with Crippen LogP contribution < -0.4 is 0 Å². The first-order chi connectivity index (χ1) is 12.8. The number of thioether (sulfide) groups is 1. The summed E-state index contributed by atoms with van der Waals surface area (Å²) in [5, 5.41) is 22.5. The van der Waals surface area contributed by atoms with Gasteiger partial charge < -0.3 is 9.67 Å². The Morgan fingerprint density at radius 3 is 2.11 bits per heavy atom. The highest BCUT2D eigenvalue weighted by atomic mass is 32.2. The van der Waals surface area contributed by atoms with E-state index in [1.807, 2.05) is 24.6 Å². The Hall–Kier alpha value is -2.19. The molecule has 0 spiro atoms. The summed E-state index contributed by atoms with van der Waals surface area (Å²) in [4.78, 5) is 12.7. The number of rotatable bonds is 5. The molecular formula is C23H30N2O2S. The molecule has 0 radical (unpaired) electrons. The van der Waals surface area contributed by atoms with Crippen molar-refractivity contribution in [2.45, 2.75) is 70.2 Å². The monoisotopic (exact) mass is 398 g/mol. The van der Waals surface area contributed by atoms with Gasteiger partial charge in [0.15, 0.2) is 5.78 Å². The Kier molecular flexibility index (Phi) is 6.35. The maximum atomic E-state index is 12.7. The normalized spacial score (nSPS) is 12.1. The largest absolute Gasteiger partial charge is 0.507 e. The molecule has 1 heterocycles. The van der Waals surface area contributed by atoms with Crippen LogP contribution in [0.15, 0.2) is 29.4 Å². The van der Waals surface area contributed by atoms with Gasteiger partial charge in [0.1, 0.15) is 11.2 Å². The van der Waals surface area contributed by atoms with Crippen LogP contribution in [-0.2, 0) is 24.3 Å². The van der Waals surface area contributed by atoms with Crippen LogP contribution in [0.4, 0.5) is 0 Å². The topological polar surface area (TPSA) is 66.0 Å². The zero-order chi connectivity index (χ0) is 21.3. The number of phenols is 1. The molecule has 0 fully saturated rings. The fourth-order valence-electron chi connectivity index (χ4n) is 3.23. The number of aromatic hydroxyl groups is 1. The summed E-state index contributed by atoms with van der Waals surface area (Å²) in [6.45, 7) is 12.5. The lowest BCUT2D eigenvalue weighted by Gasteiger charge is -2.28. The third kappa shape index (κ3) is 4.99. The molecule has 0 saturated carbocycles. The predicted octanol–water partition coefficient (Wildman–Crippen LogP) is 5.71. The third-order valence-corrected chi connectivity index (χ3v) is 5.56. The van der Waals surface area contributed by atoms with Crippen LogP contribution in [0, 0.1) is 10.7 Å². The molecule has 0 aliphatic heterocycles. The molecule has 0 amide bonds. The molecule has 1 aromatic carbocycles. The van der Waals surface area contributed by atoms with Gasteiger partial charge in [0, 0.05) is 37.0 Å². The first-order valence-corrected chi connectivity index (χ1v) is 10.3. The highest BCUT2D eigenvalue weighted by Crippen LogP contribution is 2.40. The van der Waals surface area contributed by atoms with Gasteiger partial charge in [0.2, 0.25) is 0 Å². The molecule has 0 aliphatic rings. The number of aryl methyl sites for hydroxylation is 2. The summed E-state index contributed by atoms with van der Waals surface area (Å²) in [7, 11) is 1.83. The fourth-order valence-corrected chi connectivity index (χ4v) is 3.71. The van der Waals surface area contributed by atoms with Crippen molar-refractivity contribution in [1.82, 2.24) is 4.57 Å². The van der Waals surface area contributed by atoms with E-state index < -0.39 is 0 Å². The van der Waals surface area contributed by atoms with E-state index in [2.05, 4.69) is 41.5 Å². The van der Waals surface area contributed by atoms with E-state index >= 15 is 0 Å². The van der Waals surface area contributed by atoms with E-state index in [9.17, 15) is 9.90 Å². The number of carbonyl (C=O) groups is 1. The zero-order valence-corrected chi connectivity index (χ0v) is 18.7. The van der Waals surface area contributed by atoms with E-state index in [1.165, 1.54) is 0 Å². The van der Waals surface area contributed by atoms with Gasteiger partial charge in [-0.1, -0.05) is 53.7 Å². The number of Topliss-reactive ketones (excluding diaryl/α,β-unsaturated/α-hetero) is 1. The van der Waals surface area contributed by atoms with Crippen molar-refractivity contribution in [3.8, 4) is 11.2 Å². The molecule has 2 rings (SSSR count). The first-order valence-electron chi connectivity index (χ1n) is 9.47. The quantitative estimate of drug-likeness (QED) is 0.398. The van der Waals surface area contributed by atoms with Gasteiger partial charge in [-0.2, -0.15) is 5.26 Å². The molecule has 0 bridgehead atoms. The number of nitriles is 1. The van der Waals surface area contributed by atoms with Gasteiger partial charge in [-0.25, -0.2) is 0 Å². The van der Waals surface area contributed by atoms with E-state index in [0.717, 1.165) is 33.5 Å². The van der Waals surface area contributed by atoms with Gasteiger partial charge in [0.25, 0.3) is 0 Å². The summed E-state index contributed by atoms with van der Waals surface area (Å²) >= 11 is 1.05. The standard InChI is InChI=1S/C23H30N2O2S/c1-22(2,3)17-10-15(11-18(21(17)27)23(4,5)6)8-9-19(26)16-12-20(28-14-24)25(7)13-16/h10-13,27H,8-9H2,1-7H3. The predicted molar refractivity (Wildman–Crippen MR) is 115 cm³/mol. The number of phenolic OH excluding ortho intramolecular Hbond substituents is 1. The van der Waals surface area contributed by atoms with Gasteiger partial charge in [-0.15, -0.1) is 0 Å². The van der Waals surface area contributed by atoms with Crippen molar-refractivity contribution >= 4 is 17.5 Å². The summed E-state index contributed by atoms with van der Waals surface area (Å²) in [6.07, 6.45) is 2.78. The van der Waals surface area contributed by atoms with Crippen molar-refractivity contribution in [3.63, 3.8) is 0 Å². The Balaban J connectivity index is 2.30. The number of benzene rings is 1. The number of carbonyl (C=O) groups excluding carboxylic acids is 1. The molecular weight excluding hydrogens is 368 g/mol. The second-order valence-corrected chi connectivity index (χ2v) is 10.1. The molecule has 0 atom stereocenters. The highest BCUT2D eigenvalue weighted by Gasteiger charge is 2.26. The first kappa shape index (κ1) is 22.1. The van der Waals surface area contributed by atoms with Crippen LogP contribution in [0.1, 0.15) is 75.0 Å². The van der Waals surface area contributed by atoms with E-state index in [-0.39, 0.29) is 16.6 Å². The van der Waals surface area contributed by atoms with Crippen LogP contribution >= 0.6 is 11.8 Å². The van der Waals surface area contributed by atoms with Gasteiger partial charge >= 0.3 is 0 Å². The number of aromatic nitrogens is 1. The number of hydrogen-bond acceptors (Lipinski definition) is 4. The Bertz CT molecular complexity index is 887. The molecule has 150 valence electrons. The van der Waals surface area contributed by atoms with Gasteiger partial charge in [-0.05, 0) is 40.0 Å². The molecule has 2 aromatic rings. The van der Waals surface area contributed by atoms with E-state index in [0.29, 0.717) is 24.2 Å². The van der Waals surface area contributed by atoms with Crippen molar-refractivity contribution in [2.75, 3.05) is 0 Å². The van der Waals surface area contributed by atoms with Gasteiger partial charge in [-0.3, -0.25) is 4.79 Å². The van der Waals surface area contributed by atoms with E-state index in [4.69, 9.17) is 5.26 Å². The average molecular weight is 399 g/mol. The average Bonchev–Trinajstić information content (AvgIpc) is 2.93. The SMILES string of the molecule is Cn1cc(C(=O)CCc2cc(C(C)(C)C)c(O)c(C(C)(C)C)c2)cc1SC#N. The van der Waals surface area contributed by atoms with Crippen molar-refractivity contribution in [1.29, 1.82) is 5.26 Å². The molecule has 0 aliphatic carbocycles. The number of nitrogens with zero attached hydrogens (tertiary/aromatic N) is 2. The molecule has 1 N–H and O–H groups in total. The lowest BCUT2D eigenvalue weighted by Crippen LogP contribution is -2.18. The van der Waals surface area contributed by atoms with Crippen molar-refractivity contribution in [2.24, 2.45) is 7.05 Å². The van der Waals surface area contributed by atoms with Gasteiger partial charge in [0.05, 0.1) is 5.03 Å². The number of hydrogen-bond donors (Lipinski definition) is 1. The summed E-state index contributed by atoms with van der Waals surface area (Å²) in [6, 6.07) is 5.83. The van der Waals surface area contributed by atoms with Crippen LogP contribution in [0.3, 0.4) is 0 Å². The summed E-state index contributed by atoms with van der Waals surface area (Å²) in [5.41, 5.74) is 3.14. The second kappa shape index (κ2) is 8.05. The smallest absolute Gasteiger partial charge is 0.164 e. The number of thiocyanates is 1. The fraction of sp³-hybridized carbons (Fsp3) is 0.478. The Labute approximate surface area is 172 Å². The van der Waals surface area contributed by atoms with Crippen molar-refractivity contribution in [3.05, 3.63) is 46.6 Å². The maximum Gasteiger partial charge on any atom is 0.164 e. The summed E-state index contributed by atoms with van der Waals surface area (Å²) in [5.74, 6) is 0.416. The van der Waals surface area contributed by atoms with Crippen LogP contribution in [-0.4, -0.2) is 15.5 Å². The molecule has 28 heavy (non-hydrogen) atoms. The van der Waals surface area contributed by atoms with Crippen molar-refractivity contribution < 1.29 is 9.90 Å². The minimum Gasteiger partial charge on any atom is -0.507 e. The van der Waals surface area contributed by atoms with Crippen LogP contribution in [0.2, 0.25) is 0 Å². The highest BCUT2D eigenvalue weighted by molar-refractivity contribution is 8.03. The van der Waals surface area contributed by atoms with Crippen LogP contribution in [0.25, 0.3) is 0 Å². The Morgan fingerprint density at radius 2 is 1.64 bits per heavy atom. The molecule has 5 heteroatoms. The second-order valence-electron chi connectivity index (χ2n) is 9.33. The molecule has 1 aromatic heterocycles. The summed E-state index contributed by atoms with van der Waals surface area (Å²) < 4.78 is 1.80. The molecule has 0 saturated heterocycles. The number of ketones is 1. The minimum absolute atomic E-state index is 0.0584. The minimum atomic E-state index is -0.188. The third-order valence-electron chi connectivity index (χ3n) is 4.86. The van der Waals surface area contributed by atoms with Crippen LogP contribution in [0.5, 0.6) is 5.75 Å². The zero-order valence-electron chi connectivity index (χ0n) is 17.9. The van der Waals surface area contributed by atoms with E-state index in [1.54, 1.807) is 16.8 Å². The Morgan fingerprint density at radius 1 is 1.11 bits per heavy atom. The molecule has 4 nitrogen and oxygen atoms in total. The maximum absolute atomic E-state index is 12.7. The molecule has 0 unspecified atom stereocenters.